The van der Waals surface area contributed by atoms with E-state index in [1.807, 2.05) is 6.92 Å². The number of aromatic nitrogens is 3. The molecule has 0 aliphatic rings. The lowest BCUT2D eigenvalue weighted by Gasteiger charge is -2.00. The van der Waals surface area contributed by atoms with Gasteiger partial charge in [0.2, 0.25) is 5.76 Å². The molecule has 0 aliphatic heterocycles. The third kappa shape index (κ3) is 1.74. The average Bonchev–Trinajstić information content (AvgIpc) is 2.76. The van der Waals surface area contributed by atoms with Crippen molar-refractivity contribution in [3.05, 3.63) is 29.6 Å². The fourth-order valence-corrected chi connectivity index (χ4v) is 1.16. The molecule has 0 atom stereocenters. The summed E-state index contributed by atoms with van der Waals surface area (Å²) in [6.07, 6.45) is 2.87. The Kier molecular flexibility index (Phi) is 2.24. The number of carbonyl (C=O) groups is 1. The second-order valence-corrected chi connectivity index (χ2v) is 3.15. The number of rotatable bonds is 2. The molecule has 0 bridgehead atoms. The second kappa shape index (κ2) is 3.56. The predicted molar refractivity (Wildman–Crippen MR) is 52.5 cm³/mol. The van der Waals surface area contributed by atoms with E-state index in [9.17, 15) is 4.79 Å². The molecule has 15 heavy (non-hydrogen) atoms. The van der Waals surface area contributed by atoms with Gasteiger partial charge in [-0.25, -0.2) is 4.98 Å². The molecule has 2 N–H and O–H groups in total. The maximum absolute atomic E-state index is 11.7. The van der Waals surface area contributed by atoms with E-state index in [0.29, 0.717) is 11.5 Å². The van der Waals surface area contributed by atoms with E-state index >= 15 is 0 Å². The number of anilines is 1. The molecule has 0 spiro atoms. The van der Waals surface area contributed by atoms with Gasteiger partial charge < -0.3 is 9.73 Å². The van der Waals surface area contributed by atoms with Gasteiger partial charge in [-0.2, -0.15) is 5.10 Å². The van der Waals surface area contributed by atoms with Crippen molar-refractivity contribution in [3.8, 4) is 0 Å². The van der Waals surface area contributed by atoms with E-state index in [0.717, 1.165) is 5.56 Å². The summed E-state index contributed by atoms with van der Waals surface area (Å²) in [6.45, 7) is 3.55. The lowest BCUT2D eigenvalue weighted by molar-refractivity contribution is 0.0995. The van der Waals surface area contributed by atoms with Gasteiger partial charge in [-0.05, 0) is 13.8 Å². The largest absolute Gasteiger partial charge is 0.438 e. The van der Waals surface area contributed by atoms with Gasteiger partial charge in [-0.3, -0.25) is 9.89 Å². The normalized spacial score (nSPS) is 10.3. The van der Waals surface area contributed by atoms with E-state index in [-0.39, 0.29) is 11.7 Å². The van der Waals surface area contributed by atoms with E-state index in [4.69, 9.17) is 4.42 Å². The van der Waals surface area contributed by atoms with Crippen LogP contribution in [0.3, 0.4) is 0 Å². The summed E-state index contributed by atoms with van der Waals surface area (Å²) in [5.41, 5.74) is 1.42. The third-order valence-electron chi connectivity index (χ3n) is 2.02. The van der Waals surface area contributed by atoms with Crippen LogP contribution in [0.4, 0.5) is 5.82 Å². The zero-order chi connectivity index (χ0) is 10.8. The van der Waals surface area contributed by atoms with Crippen molar-refractivity contribution in [2.45, 2.75) is 13.8 Å². The second-order valence-electron chi connectivity index (χ2n) is 3.15. The Morgan fingerprint density at radius 2 is 2.33 bits per heavy atom. The Morgan fingerprint density at radius 3 is 2.87 bits per heavy atom. The van der Waals surface area contributed by atoms with Crippen LogP contribution in [0.2, 0.25) is 0 Å². The minimum Gasteiger partial charge on any atom is -0.438 e. The molecule has 0 fully saturated rings. The summed E-state index contributed by atoms with van der Waals surface area (Å²) < 4.78 is 4.96. The highest BCUT2D eigenvalue weighted by Crippen LogP contribution is 2.12. The van der Waals surface area contributed by atoms with Crippen molar-refractivity contribution in [2.24, 2.45) is 0 Å². The molecule has 6 heteroatoms. The first-order valence-electron chi connectivity index (χ1n) is 4.40. The molecular weight excluding hydrogens is 196 g/mol. The first-order chi connectivity index (χ1) is 7.18. The van der Waals surface area contributed by atoms with Crippen molar-refractivity contribution < 1.29 is 9.21 Å². The monoisotopic (exact) mass is 206 g/mol. The zero-order valence-corrected chi connectivity index (χ0v) is 8.37. The minimum absolute atomic E-state index is 0.212. The Morgan fingerprint density at radius 1 is 1.53 bits per heavy atom. The number of nitrogens with one attached hydrogen (secondary N) is 2. The average molecular weight is 206 g/mol. The number of carbonyl (C=O) groups excluding carboxylic acids is 1. The van der Waals surface area contributed by atoms with E-state index in [1.54, 1.807) is 13.1 Å². The molecule has 2 rings (SSSR count). The van der Waals surface area contributed by atoms with Crippen LogP contribution >= 0.6 is 0 Å². The Labute approximate surface area is 85.7 Å². The van der Waals surface area contributed by atoms with Gasteiger partial charge in [0.05, 0.1) is 11.9 Å². The zero-order valence-electron chi connectivity index (χ0n) is 8.37. The summed E-state index contributed by atoms with van der Waals surface area (Å²) in [5.74, 6) is 0.442. The molecule has 1 amide bonds. The number of oxazole rings is 1. The van der Waals surface area contributed by atoms with E-state index in [2.05, 4.69) is 20.5 Å². The lowest BCUT2D eigenvalue weighted by atomic mass is 10.3. The third-order valence-corrected chi connectivity index (χ3v) is 2.02. The summed E-state index contributed by atoms with van der Waals surface area (Å²) in [5, 5.41) is 9.11. The fraction of sp³-hybridized carbons (Fsp3) is 0.222. The molecule has 6 nitrogen and oxygen atoms in total. The van der Waals surface area contributed by atoms with Crippen LogP contribution in [-0.2, 0) is 0 Å². The van der Waals surface area contributed by atoms with Crippen molar-refractivity contribution in [3.63, 3.8) is 0 Å². The quantitative estimate of drug-likeness (QED) is 0.774. The van der Waals surface area contributed by atoms with Crippen LogP contribution in [0.5, 0.6) is 0 Å². The summed E-state index contributed by atoms with van der Waals surface area (Å²) in [4.78, 5) is 15.5. The SMILES string of the molecule is Cc1cn[nH]c1NC(=O)c1ocnc1C. The molecule has 78 valence electrons. The molecule has 0 saturated carbocycles. The van der Waals surface area contributed by atoms with Crippen molar-refractivity contribution in [1.82, 2.24) is 15.2 Å². The van der Waals surface area contributed by atoms with Gasteiger partial charge in [-0.15, -0.1) is 0 Å². The van der Waals surface area contributed by atoms with Gasteiger partial charge in [0.15, 0.2) is 6.39 Å². The van der Waals surface area contributed by atoms with Gasteiger partial charge >= 0.3 is 0 Å². The lowest BCUT2D eigenvalue weighted by Crippen LogP contribution is -2.13. The number of H-pyrrole nitrogens is 1. The Bertz CT molecular complexity index is 486. The Hall–Kier alpha value is -2.11. The number of hydrogen-bond donors (Lipinski definition) is 2. The van der Waals surface area contributed by atoms with Crippen molar-refractivity contribution >= 4 is 11.7 Å². The maximum Gasteiger partial charge on any atom is 0.294 e. The van der Waals surface area contributed by atoms with Gasteiger partial charge in [0, 0.05) is 5.56 Å². The molecular formula is C9H10N4O2. The van der Waals surface area contributed by atoms with Crippen LogP contribution < -0.4 is 5.32 Å². The van der Waals surface area contributed by atoms with Crippen LogP contribution in [0.25, 0.3) is 0 Å². The maximum atomic E-state index is 11.7. The number of aromatic amines is 1. The summed E-state index contributed by atoms with van der Waals surface area (Å²) in [7, 11) is 0. The molecule has 0 aromatic carbocycles. The molecule has 2 aromatic heterocycles. The molecule has 0 unspecified atom stereocenters. The highest BCUT2D eigenvalue weighted by molar-refractivity contribution is 6.02. The highest BCUT2D eigenvalue weighted by atomic mass is 16.3. The molecule has 0 saturated heterocycles. The summed E-state index contributed by atoms with van der Waals surface area (Å²) in [6, 6.07) is 0. The first-order valence-corrected chi connectivity index (χ1v) is 4.40. The highest BCUT2D eigenvalue weighted by Gasteiger charge is 2.15. The summed E-state index contributed by atoms with van der Waals surface area (Å²) >= 11 is 0. The molecule has 0 aliphatic carbocycles. The van der Waals surface area contributed by atoms with Gasteiger partial charge in [-0.1, -0.05) is 0 Å². The van der Waals surface area contributed by atoms with Crippen LogP contribution in [-0.4, -0.2) is 21.1 Å². The number of aryl methyl sites for hydroxylation is 2. The van der Waals surface area contributed by atoms with E-state index in [1.165, 1.54) is 6.39 Å². The van der Waals surface area contributed by atoms with Crippen LogP contribution in [0.1, 0.15) is 21.8 Å². The first kappa shape index (κ1) is 9.45. The fourth-order valence-electron chi connectivity index (χ4n) is 1.16. The minimum atomic E-state index is -0.336. The number of amides is 1. The number of hydrogen-bond acceptors (Lipinski definition) is 4. The predicted octanol–water partition coefficient (Wildman–Crippen LogP) is 1.27. The van der Waals surface area contributed by atoms with Crippen LogP contribution in [0, 0.1) is 13.8 Å². The van der Waals surface area contributed by atoms with Gasteiger partial charge in [0.1, 0.15) is 5.82 Å². The van der Waals surface area contributed by atoms with Gasteiger partial charge in [0.25, 0.3) is 5.91 Å². The van der Waals surface area contributed by atoms with E-state index < -0.39 is 0 Å². The smallest absolute Gasteiger partial charge is 0.294 e. The molecule has 0 radical (unpaired) electrons. The Balaban J connectivity index is 2.18. The molecule has 2 aromatic rings. The van der Waals surface area contributed by atoms with Crippen molar-refractivity contribution in [1.29, 1.82) is 0 Å². The number of nitrogens with zero attached hydrogens (tertiary/aromatic N) is 2. The topological polar surface area (TPSA) is 83.8 Å². The van der Waals surface area contributed by atoms with Crippen LogP contribution in [0.15, 0.2) is 17.0 Å². The van der Waals surface area contributed by atoms with Crippen molar-refractivity contribution in [2.75, 3.05) is 5.32 Å². The standard InChI is InChI=1S/C9H10N4O2/c1-5-3-11-13-8(5)12-9(14)7-6(2)10-4-15-7/h3-4H,1-2H3,(H2,11,12,13,14). The molecule has 2 heterocycles.